The molecule has 2 aromatic carbocycles. The Kier molecular flexibility index (Phi) is 3.73. The third-order valence-electron chi connectivity index (χ3n) is 4.22. The van der Waals surface area contributed by atoms with Crippen LogP contribution < -0.4 is 4.74 Å². The number of benzene rings is 2. The van der Waals surface area contributed by atoms with Crippen LogP contribution in [0.4, 0.5) is 0 Å². The van der Waals surface area contributed by atoms with Crippen molar-refractivity contribution >= 4 is 0 Å². The van der Waals surface area contributed by atoms with Gasteiger partial charge in [0, 0.05) is 6.42 Å². The molecule has 0 saturated heterocycles. The van der Waals surface area contributed by atoms with E-state index in [1.54, 1.807) is 0 Å². The number of aliphatic hydroxyl groups excluding tert-OH is 1. The zero-order valence-corrected chi connectivity index (χ0v) is 12.8. The fraction of sp³-hybridized carbons (Fsp3) is 0.368. The van der Waals surface area contributed by atoms with E-state index < -0.39 is 6.10 Å². The largest absolute Gasteiger partial charge is 0.487 e. The molecule has 110 valence electrons. The van der Waals surface area contributed by atoms with Crippen LogP contribution in [0.2, 0.25) is 0 Å². The van der Waals surface area contributed by atoms with Crippen molar-refractivity contribution in [3.05, 3.63) is 64.7 Å². The van der Waals surface area contributed by atoms with Crippen molar-refractivity contribution in [1.82, 2.24) is 0 Å². The molecule has 0 bridgehead atoms. The predicted molar refractivity (Wildman–Crippen MR) is 84.8 cm³/mol. The molecule has 0 heterocycles. The van der Waals surface area contributed by atoms with Crippen LogP contribution in [-0.4, -0.2) is 11.2 Å². The normalized spacial score (nSPS) is 20.6. The lowest BCUT2D eigenvalue weighted by Gasteiger charge is -2.21. The van der Waals surface area contributed by atoms with Crippen molar-refractivity contribution in [3.8, 4) is 5.75 Å². The molecule has 1 N–H and O–H groups in total. The van der Waals surface area contributed by atoms with E-state index in [9.17, 15) is 5.11 Å². The van der Waals surface area contributed by atoms with Crippen LogP contribution in [-0.2, 0) is 6.42 Å². The van der Waals surface area contributed by atoms with Gasteiger partial charge in [0.2, 0.25) is 0 Å². The lowest BCUT2D eigenvalue weighted by atomic mass is 10.0. The molecule has 0 saturated carbocycles. The number of aryl methyl sites for hydroxylation is 1. The first-order chi connectivity index (χ1) is 10.1. The first kappa shape index (κ1) is 14.2. The van der Waals surface area contributed by atoms with E-state index in [4.69, 9.17) is 4.74 Å². The summed E-state index contributed by atoms with van der Waals surface area (Å²) in [5.74, 6) is 1.31. The summed E-state index contributed by atoms with van der Waals surface area (Å²) in [5, 5.41) is 10.5. The molecule has 1 aliphatic carbocycles. The molecule has 1 aliphatic rings. The van der Waals surface area contributed by atoms with Crippen molar-refractivity contribution in [2.45, 2.75) is 45.3 Å². The van der Waals surface area contributed by atoms with Gasteiger partial charge < -0.3 is 9.84 Å². The topological polar surface area (TPSA) is 29.5 Å². The minimum absolute atomic E-state index is 0.193. The van der Waals surface area contributed by atoms with Crippen molar-refractivity contribution in [1.29, 1.82) is 0 Å². The Morgan fingerprint density at radius 3 is 2.62 bits per heavy atom. The zero-order chi connectivity index (χ0) is 15.0. The summed E-state index contributed by atoms with van der Waals surface area (Å²) in [4.78, 5) is 0. The lowest BCUT2D eigenvalue weighted by Crippen LogP contribution is -2.22. The highest BCUT2D eigenvalue weighted by atomic mass is 16.5. The summed E-state index contributed by atoms with van der Waals surface area (Å²) in [5.41, 5.74) is 4.57. The van der Waals surface area contributed by atoms with Crippen LogP contribution in [0.25, 0.3) is 0 Å². The van der Waals surface area contributed by atoms with E-state index in [0.29, 0.717) is 5.92 Å². The number of fused-ring (bicyclic) bond motifs is 1. The van der Waals surface area contributed by atoms with Crippen LogP contribution in [0.15, 0.2) is 42.5 Å². The van der Waals surface area contributed by atoms with Gasteiger partial charge in [0.15, 0.2) is 0 Å². The lowest BCUT2D eigenvalue weighted by molar-refractivity contribution is 0.0486. The Morgan fingerprint density at radius 2 is 1.90 bits per heavy atom. The minimum atomic E-state index is -0.540. The standard InChI is InChI=1S/C19H22O2/c1-12(2)15-9-8-13(3)10-17(15)21-18-11-14-6-4-5-7-16(14)19(18)20/h4-10,12,18-20H,11H2,1-3H3. The van der Waals surface area contributed by atoms with Gasteiger partial charge in [-0.3, -0.25) is 0 Å². The minimum Gasteiger partial charge on any atom is -0.487 e. The van der Waals surface area contributed by atoms with Crippen LogP contribution in [0.3, 0.4) is 0 Å². The van der Waals surface area contributed by atoms with Crippen molar-refractivity contribution in [3.63, 3.8) is 0 Å². The Bertz CT molecular complexity index is 646. The van der Waals surface area contributed by atoms with Gasteiger partial charge in [0.25, 0.3) is 0 Å². The predicted octanol–water partition coefficient (Wildman–Crippen LogP) is 4.16. The van der Waals surface area contributed by atoms with Crippen LogP contribution >= 0.6 is 0 Å². The summed E-state index contributed by atoms with van der Waals surface area (Å²) in [7, 11) is 0. The van der Waals surface area contributed by atoms with Gasteiger partial charge in [-0.15, -0.1) is 0 Å². The van der Waals surface area contributed by atoms with Crippen molar-refractivity contribution in [2.75, 3.05) is 0 Å². The van der Waals surface area contributed by atoms with Crippen LogP contribution in [0, 0.1) is 6.92 Å². The second-order valence-corrected chi connectivity index (χ2v) is 6.20. The highest BCUT2D eigenvalue weighted by Gasteiger charge is 2.32. The molecule has 0 aromatic heterocycles. The van der Waals surface area contributed by atoms with Gasteiger partial charge in [-0.25, -0.2) is 0 Å². The molecule has 0 radical (unpaired) electrons. The Morgan fingerprint density at radius 1 is 1.14 bits per heavy atom. The van der Waals surface area contributed by atoms with Crippen LogP contribution in [0.5, 0.6) is 5.75 Å². The summed E-state index contributed by atoms with van der Waals surface area (Å²) in [6.45, 7) is 6.39. The third kappa shape index (κ3) is 2.68. The molecule has 0 aliphatic heterocycles. The molecule has 2 heteroatoms. The summed E-state index contributed by atoms with van der Waals surface area (Å²) >= 11 is 0. The smallest absolute Gasteiger partial charge is 0.133 e. The van der Waals surface area contributed by atoms with Gasteiger partial charge >= 0.3 is 0 Å². The Balaban J connectivity index is 1.87. The summed E-state index contributed by atoms with van der Waals surface area (Å²) < 4.78 is 6.19. The fourth-order valence-corrected chi connectivity index (χ4v) is 3.03. The third-order valence-corrected chi connectivity index (χ3v) is 4.22. The van der Waals surface area contributed by atoms with Crippen molar-refractivity contribution in [2.24, 2.45) is 0 Å². The van der Waals surface area contributed by atoms with Gasteiger partial charge in [0.05, 0.1) is 0 Å². The average molecular weight is 282 g/mol. The van der Waals surface area contributed by atoms with E-state index >= 15 is 0 Å². The molecule has 3 rings (SSSR count). The molecule has 2 nitrogen and oxygen atoms in total. The highest BCUT2D eigenvalue weighted by molar-refractivity contribution is 5.41. The maximum Gasteiger partial charge on any atom is 0.133 e. The molecule has 2 unspecified atom stereocenters. The Labute approximate surface area is 126 Å². The molecule has 21 heavy (non-hydrogen) atoms. The second-order valence-electron chi connectivity index (χ2n) is 6.20. The Hall–Kier alpha value is -1.80. The quantitative estimate of drug-likeness (QED) is 0.916. The zero-order valence-electron chi connectivity index (χ0n) is 12.8. The molecule has 0 amide bonds. The first-order valence-corrected chi connectivity index (χ1v) is 7.59. The van der Waals surface area contributed by atoms with E-state index in [-0.39, 0.29) is 6.10 Å². The van der Waals surface area contributed by atoms with Crippen LogP contribution in [0.1, 0.15) is 48.1 Å². The first-order valence-electron chi connectivity index (χ1n) is 7.59. The van der Waals surface area contributed by atoms with E-state index in [0.717, 1.165) is 17.7 Å². The maximum absolute atomic E-state index is 10.5. The SMILES string of the molecule is Cc1ccc(C(C)C)c(OC2Cc3ccccc3C2O)c1. The molecular formula is C19H22O2. The summed E-state index contributed by atoms with van der Waals surface area (Å²) in [6.07, 6.45) is 0.0337. The van der Waals surface area contributed by atoms with Gasteiger partial charge in [0.1, 0.15) is 18.0 Å². The van der Waals surface area contributed by atoms with Gasteiger partial charge in [-0.1, -0.05) is 50.2 Å². The van der Waals surface area contributed by atoms with E-state index in [1.165, 1.54) is 16.7 Å². The highest BCUT2D eigenvalue weighted by Crippen LogP contribution is 2.36. The molecule has 0 fully saturated rings. The molecule has 2 atom stereocenters. The monoisotopic (exact) mass is 282 g/mol. The van der Waals surface area contributed by atoms with Crippen molar-refractivity contribution < 1.29 is 9.84 Å². The number of aliphatic hydroxyl groups is 1. The maximum atomic E-state index is 10.5. The number of rotatable bonds is 3. The molecule has 0 spiro atoms. The second kappa shape index (κ2) is 5.53. The number of ether oxygens (including phenoxy) is 1. The van der Waals surface area contributed by atoms with Gasteiger partial charge in [-0.2, -0.15) is 0 Å². The fourth-order valence-electron chi connectivity index (χ4n) is 3.03. The molecular weight excluding hydrogens is 260 g/mol. The average Bonchev–Trinajstić information content (AvgIpc) is 2.76. The number of hydrogen-bond donors (Lipinski definition) is 1. The van der Waals surface area contributed by atoms with E-state index in [1.807, 2.05) is 18.2 Å². The summed E-state index contributed by atoms with van der Waals surface area (Å²) in [6, 6.07) is 14.4. The molecule has 2 aromatic rings. The number of hydrogen-bond acceptors (Lipinski definition) is 2. The van der Waals surface area contributed by atoms with Gasteiger partial charge in [-0.05, 0) is 41.2 Å². The van der Waals surface area contributed by atoms with E-state index in [2.05, 4.69) is 45.0 Å².